The standard InChI is InChI=1S/C9H9INO2/c11-6-1-2-7-8(10-5-6)3-4-13-9(7)12/h1-2,5H,3-4,11H2/q-1. The number of halogens is 1. The summed E-state index contributed by atoms with van der Waals surface area (Å²) < 4.78 is 8.22. The van der Waals surface area contributed by atoms with E-state index in [1.807, 2.05) is 4.08 Å². The molecule has 0 aromatic rings. The summed E-state index contributed by atoms with van der Waals surface area (Å²) in [6.07, 6.45) is 4.42. The third-order valence-electron chi connectivity index (χ3n) is 1.82. The summed E-state index contributed by atoms with van der Waals surface area (Å²) in [5.74, 6) is -0.194. The second kappa shape index (κ2) is 3.53. The average molecular weight is 290 g/mol. The Morgan fingerprint density at radius 2 is 2.31 bits per heavy atom. The van der Waals surface area contributed by atoms with Crippen molar-refractivity contribution in [3.63, 3.8) is 0 Å². The fourth-order valence-electron chi connectivity index (χ4n) is 1.17. The summed E-state index contributed by atoms with van der Waals surface area (Å²) in [4.78, 5) is 11.3. The second-order valence-electron chi connectivity index (χ2n) is 2.76. The van der Waals surface area contributed by atoms with Crippen molar-refractivity contribution in [2.24, 2.45) is 5.73 Å². The van der Waals surface area contributed by atoms with Gasteiger partial charge in [-0.1, -0.05) is 0 Å². The maximum absolute atomic E-state index is 11.3. The Labute approximate surface area is 86.6 Å². The number of nitrogens with two attached hydrogens (primary N) is 1. The predicted molar refractivity (Wildman–Crippen MR) is 44.0 cm³/mol. The molecule has 0 radical (unpaired) electrons. The van der Waals surface area contributed by atoms with Gasteiger partial charge in [0.05, 0.1) is 0 Å². The van der Waals surface area contributed by atoms with Crippen LogP contribution in [0.2, 0.25) is 0 Å². The molecule has 70 valence electrons. The predicted octanol–water partition coefficient (Wildman–Crippen LogP) is -2.35. The molecule has 0 aromatic heterocycles. The van der Waals surface area contributed by atoms with Crippen LogP contribution in [0.1, 0.15) is 6.42 Å². The van der Waals surface area contributed by atoms with Crippen LogP contribution in [0.5, 0.6) is 0 Å². The molecule has 0 fully saturated rings. The van der Waals surface area contributed by atoms with Gasteiger partial charge in [-0.05, 0) is 0 Å². The maximum atomic E-state index is 11.3. The molecule has 0 spiro atoms. The van der Waals surface area contributed by atoms with Crippen molar-refractivity contribution >= 4 is 5.97 Å². The van der Waals surface area contributed by atoms with Crippen molar-refractivity contribution in [3.8, 4) is 0 Å². The van der Waals surface area contributed by atoms with Crippen molar-refractivity contribution in [2.45, 2.75) is 6.42 Å². The first-order valence-electron chi connectivity index (χ1n) is 3.95. The summed E-state index contributed by atoms with van der Waals surface area (Å²) in [5.41, 5.74) is 7.15. The topological polar surface area (TPSA) is 52.3 Å². The van der Waals surface area contributed by atoms with Crippen LogP contribution in [0.4, 0.5) is 0 Å². The van der Waals surface area contributed by atoms with Gasteiger partial charge in [-0.2, -0.15) is 0 Å². The third-order valence-corrected chi connectivity index (χ3v) is 4.72. The molecule has 0 unspecified atom stereocenters. The van der Waals surface area contributed by atoms with Crippen LogP contribution < -0.4 is 26.9 Å². The molecule has 0 bridgehead atoms. The molecule has 2 N–H and O–H groups in total. The molecule has 3 nitrogen and oxygen atoms in total. The van der Waals surface area contributed by atoms with Crippen LogP contribution in [-0.4, -0.2) is 12.6 Å². The SMILES string of the molecule is NC1=C[I-]C2=C(C=C1)C(=O)OCC2. The molecule has 0 saturated carbocycles. The number of cyclic esters (lactones) is 1. The van der Waals surface area contributed by atoms with Gasteiger partial charge in [0, 0.05) is 0 Å². The first-order valence-corrected chi connectivity index (χ1v) is 6.27. The first-order chi connectivity index (χ1) is 6.27. The Kier molecular flexibility index (Phi) is 2.39. The zero-order chi connectivity index (χ0) is 9.26. The molecule has 0 saturated heterocycles. The molecule has 2 rings (SSSR count). The Balaban J connectivity index is 2.37. The molecule has 4 heteroatoms. The molecule has 0 atom stereocenters. The number of esters is 1. The first kappa shape index (κ1) is 8.80. The van der Waals surface area contributed by atoms with Gasteiger partial charge in [0.25, 0.3) is 0 Å². The van der Waals surface area contributed by atoms with Crippen molar-refractivity contribution < 1.29 is 30.7 Å². The summed E-state index contributed by atoms with van der Waals surface area (Å²) in [5, 5.41) is 0. The van der Waals surface area contributed by atoms with Crippen molar-refractivity contribution in [3.05, 3.63) is 31.1 Å². The molecule has 2 heterocycles. The quantitative estimate of drug-likeness (QED) is 0.401. The average Bonchev–Trinajstić information content (AvgIpc) is 2.30. The van der Waals surface area contributed by atoms with Crippen LogP contribution in [-0.2, 0) is 9.53 Å². The number of rotatable bonds is 0. The molecule has 0 aromatic carbocycles. The number of carbonyl (C=O) groups is 1. The zero-order valence-corrected chi connectivity index (χ0v) is 9.08. The van der Waals surface area contributed by atoms with Crippen LogP contribution in [0, 0.1) is 0 Å². The number of hydrogen-bond acceptors (Lipinski definition) is 3. The molecule has 2 aliphatic rings. The molecule has 2 aliphatic heterocycles. The Bertz CT molecular complexity index is 342. The normalized spacial score (nSPS) is 22.5. The van der Waals surface area contributed by atoms with Crippen molar-refractivity contribution in [1.29, 1.82) is 0 Å². The van der Waals surface area contributed by atoms with Crippen molar-refractivity contribution in [2.75, 3.05) is 6.61 Å². The van der Waals surface area contributed by atoms with E-state index in [1.54, 1.807) is 12.2 Å². The van der Waals surface area contributed by atoms with Gasteiger partial charge in [0.15, 0.2) is 0 Å². The monoisotopic (exact) mass is 290 g/mol. The van der Waals surface area contributed by atoms with Gasteiger partial charge in [0.2, 0.25) is 0 Å². The van der Waals surface area contributed by atoms with Crippen LogP contribution in [0.3, 0.4) is 0 Å². The third kappa shape index (κ3) is 1.77. The van der Waals surface area contributed by atoms with Gasteiger partial charge in [0.1, 0.15) is 0 Å². The summed E-state index contributed by atoms with van der Waals surface area (Å²) >= 11 is -0.212. The van der Waals surface area contributed by atoms with Gasteiger partial charge >= 0.3 is 86.6 Å². The van der Waals surface area contributed by atoms with E-state index >= 15 is 0 Å². The van der Waals surface area contributed by atoms with E-state index in [9.17, 15) is 4.79 Å². The van der Waals surface area contributed by atoms with Gasteiger partial charge in [-0.3, -0.25) is 0 Å². The minimum atomic E-state index is -0.212. The summed E-state index contributed by atoms with van der Waals surface area (Å²) in [6.45, 7) is 0.527. The van der Waals surface area contributed by atoms with E-state index < -0.39 is 0 Å². The summed E-state index contributed by atoms with van der Waals surface area (Å²) in [6, 6.07) is 0. The van der Waals surface area contributed by atoms with Crippen molar-refractivity contribution in [1.82, 2.24) is 0 Å². The molecule has 0 amide bonds. The van der Waals surface area contributed by atoms with Gasteiger partial charge in [-0.25, -0.2) is 0 Å². The second-order valence-corrected chi connectivity index (χ2v) is 5.30. The van der Waals surface area contributed by atoms with E-state index in [0.717, 1.165) is 17.7 Å². The zero-order valence-electron chi connectivity index (χ0n) is 6.92. The van der Waals surface area contributed by atoms with E-state index in [1.165, 1.54) is 3.58 Å². The molecule has 0 aliphatic carbocycles. The fraction of sp³-hybridized carbons (Fsp3) is 0.222. The van der Waals surface area contributed by atoms with Crippen LogP contribution in [0.25, 0.3) is 0 Å². The number of hydrogen-bond donors (Lipinski definition) is 1. The fourth-order valence-corrected chi connectivity index (χ4v) is 3.38. The van der Waals surface area contributed by atoms with E-state index in [4.69, 9.17) is 10.5 Å². The number of ether oxygens (including phenoxy) is 1. The minimum absolute atomic E-state index is 0.194. The van der Waals surface area contributed by atoms with E-state index in [2.05, 4.69) is 0 Å². The Morgan fingerprint density at radius 1 is 1.46 bits per heavy atom. The van der Waals surface area contributed by atoms with Gasteiger partial charge < -0.3 is 0 Å². The summed E-state index contributed by atoms with van der Waals surface area (Å²) in [7, 11) is 0. The van der Waals surface area contributed by atoms with Gasteiger partial charge in [-0.15, -0.1) is 0 Å². The van der Waals surface area contributed by atoms with E-state index in [-0.39, 0.29) is 27.2 Å². The molecular weight excluding hydrogens is 281 g/mol. The number of carbonyl (C=O) groups excluding carboxylic acids is 1. The molecular formula is C9H9INO2-. The van der Waals surface area contributed by atoms with E-state index in [0.29, 0.717) is 6.61 Å². The Hall–Kier alpha value is -0.780. The van der Waals surface area contributed by atoms with Crippen LogP contribution >= 0.6 is 0 Å². The number of allylic oxidation sites excluding steroid dienone is 1. The Morgan fingerprint density at radius 3 is 3.15 bits per heavy atom. The van der Waals surface area contributed by atoms with Crippen LogP contribution in [0.15, 0.2) is 31.1 Å². The molecule has 13 heavy (non-hydrogen) atoms.